The van der Waals surface area contributed by atoms with E-state index in [1.165, 1.54) is 25.3 Å². The highest BCUT2D eigenvalue weighted by atomic mass is 16.5. The fourth-order valence-electron chi connectivity index (χ4n) is 2.70. The van der Waals surface area contributed by atoms with Crippen LogP contribution >= 0.6 is 0 Å². The highest BCUT2D eigenvalue weighted by Gasteiger charge is 2.35. The molecule has 0 spiro atoms. The standard InChI is InChI=1S/C21H18N2O7/c1-29-18(24)11-23-19(25)16(22-21(23)28)10-15-4-2-3-5-17(15)30-12-13-6-8-14(9-7-13)20(26)27/h2-10H,11-12H2,1H3,(H,22,28)(H,26,27)/b16-10+. The third kappa shape index (κ3) is 4.64. The Labute approximate surface area is 171 Å². The molecule has 9 nitrogen and oxygen atoms in total. The Morgan fingerprint density at radius 2 is 1.80 bits per heavy atom. The van der Waals surface area contributed by atoms with E-state index in [9.17, 15) is 19.2 Å². The van der Waals surface area contributed by atoms with E-state index in [0.29, 0.717) is 11.3 Å². The van der Waals surface area contributed by atoms with Crippen LogP contribution in [0.5, 0.6) is 5.75 Å². The van der Waals surface area contributed by atoms with Gasteiger partial charge in [-0.1, -0.05) is 30.3 Å². The third-order valence-electron chi connectivity index (χ3n) is 4.29. The zero-order valence-corrected chi connectivity index (χ0v) is 16.0. The van der Waals surface area contributed by atoms with E-state index in [0.717, 1.165) is 10.5 Å². The lowest BCUT2D eigenvalue weighted by Gasteiger charge is -2.10. The molecular weight excluding hydrogens is 392 g/mol. The van der Waals surface area contributed by atoms with Gasteiger partial charge < -0.3 is 19.9 Å². The number of para-hydroxylation sites is 1. The molecule has 0 aliphatic carbocycles. The first-order chi connectivity index (χ1) is 14.4. The van der Waals surface area contributed by atoms with Gasteiger partial charge in [-0.25, -0.2) is 14.5 Å². The summed E-state index contributed by atoms with van der Waals surface area (Å²) in [6.45, 7) is -0.308. The fraction of sp³-hybridized carbons (Fsp3) is 0.143. The van der Waals surface area contributed by atoms with Crippen molar-refractivity contribution in [2.45, 2.75) is 6.61 Å². The molecule has 2 N–H and O–H groups in total. The van der Waals surface area contributed by atoms with E-state index in [1.54, 1.807) is 36.4 Å². The first-order valence-electron chi connectivity index (χ1n) is 8.84. The number of nitrogens with one attached hydrogen (secondary N) is 1. The SMILES string of the molecule is COC(=O)CN1C(=O)N/C(=C/c2ccccc2OCc2ccc(C(=O)O)cc2)C1=O. The fourth-order valence-corrected chi connectivity index (χ4v) is 2.70. The molecule has 0 saturated carbocycles. The highest BCUT2D eigenvalue weighted by Crippen LogP contribution is 2.23. The molecule has 1 aliphatic rings. The Bertz CT molecular complexity index is 1030. The third-order valence-corrected chi connectivity index (χ3v) is 4.29. The molecule has 1 heterocycles. The zero-order chi connectivity index (χ0) is 21.7. The van der Waals surface area contributed by atoms with Crippen LogP contribution in [-0.2, 0) is 20.9 Å². The number of imide groups is 1. The summed E-state index contributed by atoms with van der Waals surface area (Å²) in [5.74, 6) is -1.91. The topological polar surface area (TPSA) is 122 Å². The number of hydrogen-bond donors (Lipinski definition) is 2. The zero-order valence-electron chi connectivity index (χ0n) is 16.0. The Kier molecular flexibility index (Phi) is 6.11. The molecule has 154 valence electrons. The molecule has 30 heavy (non-hydrogen) atoms. The minimum atomic E-state index is -1.01. The molecule has 2 aromatic rings. The highest BCUT2D eigenvalue weighted by molar-refractivity contribution is 6.15. The van der Waals surface area contributed by atoms with Gasteiger partial charge in [-0.3, -0.25) is 9.59 Å². The second-order valence-electron chi connectivity index (χ2n) is 6.28. The molecule has 1 fully saturated rings. The van der Waals surface area contributed by atoms with Gasteiger partial charge in [0.15, 0.2) is 0 Å². The lowest BCUT2D eigenvalue weighted by molar-refractivity contribution is -0.143. The Morgan fingerprint density at radius 3 is 2.47 bits per heavy atom. The summed E-state index contributed by atoms with van der Waals surface area (Å²) in [7, 11) is 1.17. The lowest BCUT2D eigenvalue weighted by Crippen LogP contribution is -2.36. The first kappa shape index (κ1) is 20.6. The van der Waals surface area contributed by atoms with Crippen molar-refractivity contribution >= 4 is 30.0 Å². The van der Waals surface area contributed by atoms with Crippen molar-refractivity contribution in [3.05, 3.63) is 70.9 Å². The molecule has 0 radical (unpaired) electrons. The van der Waals surface area contributed by atoms with Crippen molar-refractivity contribution in [2.24, 2.45) is 0 Å². The van der Waals surface area contributed by atoms with E-state index in [1.807, 2.05) is 0 Å². The smallest absolute Gasteiger partial charge is 0.335 e. The molecule has 0 unspecified atom stereocenters. The van der Waals surface area contributed by atoms with Gasteiger partial charge in [0.05, 0.1) is 12.7 Å². The molecule has 0 aromatic heterocycles. The van der Waals surface area contributed by atoms with Crippen molar-refractivity contribution in [3.8, 4) is 5.75 Å². The van der Waals surface area contributed by atoms with E-state index in [2.05, 4.69) is 10.1 Å². The van der Waals surface area contributed by atoms with Gasteiger partial charge in [0.25, 0.3) is 5.91 Å². The van der Waals surface area contributed by atoms with Crippen LogP contribution in [0.15, 0.2) is 54.2 Å². The van der Waals surface area contributed by atoms with Gasteiger partial charge in [-0.2, -0.15) is 0 Å². The van der Waals surface area contributed by atoms with Crippen LogP contribution in [0.25, 0.3) is 6.08 Å². The number of benzene rings is 2. The number of hydrogen-bond acceptors (Lipinski definition) is 6. The molecule has 0 bridgehead atoms. The predicted molar refractivity (Wildman–Crippen MR) is 104 cm³/mol. The summed E-state index contributed by atoms with van der Waals surface area (Å²) in [4.78, 5) is 47.5. The number of urea groups is 1. The van der Waals surface area contributed by atoms with Gasteiger partial charge >= 0.3 is 18.0 Å². The summed E-state index contributed by atoms with van der Waals surface area (Å²) in [6, 6.07) is 12.5. The summed E-state index contributed by atoms with van der Waals surface area (Å²) in [5.41, 5.74) is 1.49. The van der Waals surface area contributed by atoms with Crippen molar-refractivity contribution in [3.63, 3.8) is 0 Å². The van der Waals surface area contributed by atoms with Crippen LogP contribution in [-0.4, -0.2) is 47.5 Å². The summed E-state index contributed by atoms with van der Waals surface area (Å²) < 4.78 is 10.3. The van der Waals surface area contributed by atoms with Gasteiger partial charge in [0, 0.05) is 5.56 Å². The van der Waals surface area contributed by atoms with Crippen LogP contribution in [0.4, 0.5) is 4.79 Å². The first-order valence-corrected chi connectivity index (χ1v) is 8.84. The largest absolute Gasteiger partial charge is 0.488 e. The van der Waals surface area contributed by atoms with E-state index in [4.69, 9.17) is 9.84 Å². The average Bonchev–Trinajstić information content (AvgIpc) is 3.00. The number of methoxy groups -OCH3 is 1. The minimum Gasteiger partial charge on any atom is -0.488 e. The van der Waals surface area contributed by atoms with Gasteiger partial charge in [0.2, 0.25) is 0 Å². The number of amides is 3. The van der Waals surface area contributed by atoms with Crippen molar-refractivity contribution in [1.29, 1.82) is 0 Å². The number of ether oxygens (including phenoxy) is 2. The number of carboxylic acids is 1. The van der Waals surface area contributed by atoms with Crippen LogP contribution in [0.3, 0.4) is 0 Å². The number of carbonyl (C=O) groups is 4. The molecule has 3 amide bonds. The average molecular weight is 410 g/mol. The van der Waals surface area contributed by atoms with Gasteiger partial charge in [-0.15, -0.1) is 0 Å². The molecule has 3 rings (SSSR count). The quantitative estimate of drug-likeness (QED) is 0.407. The van der Waals surface area contributed by atoms with Crippen LogP contribution in [0.1, 0.15) is 21.5 Å². The van der Waals surface area contributed by atoms with Crippen LogP contribution in [0, 0.1) is 0 Å². The minimum absolute atomic E-state index is 0.00534. The Hall–Kier alpha value is -4.14. The van der Waals surface area contributed by atoms with Crippen molar-refractivity contribution < 1.29 is 33.8 Å². The molecular formula is C21H18N2O7. The second kappa shape index (κ2) is 8.91. The molecule has 1 saturated heterocycles. The molecule has 0 atom stereocenters. The number of aromatic carboxylic acids is 1. The molecule has 1 aliphatic heterocycles. The van der Waals surface area contributed by atoms with Crippen LogP contribution < -0.4 is 10.1 Å². The van der Waals surface area contributed by atoms with E-state index < -0.39 is 30.4 Å². The number of rotatable bonds is 7. The normalized spacial score (nSPS) is 14.6. The van der Waals surface area contributed by atoms with Crippen LogP contribution in [0.2, 0.25) is 0 Å². The number of esters is 1. The maximum atomic E-state index is 12.4. The number of carbonyl (C=O) groups excluding carboxylic acids is 3. The van der Waals surface area contributed by atoms with E-state index in [-0.39, 0.29) is 17.9 Å². The summed E-state index contributed by atoms with van der Waals surface area (Å²) >= 11 is 0. The summed E-state index contributed by atoms with van der Waals surface area (Å²) in [5, 5.41) is 11.4. The van der Waals surface area contributed by atoms with Gasteiger partial charge in [-0.05, 0) is 29.8 Å². The maximum absolute atomic E-state index is 12.4. The molecule has 2 aromatic carbocycles. The molecule has 9 heteroatoms. The van der Waals surface area contributed by atoms with Crippen molar-refractivity contribution in [1.82, 2.24) is 10.2 Å². The second-order valence-corrected chi connectivity index (χ2v) is 6.28. The Morgan fingerprint density at radius 1 is 1.10 bits per heavy atom. The maximum Gasteiger partial charge on any atom is 0.335 e. The lowest BCUT2D eigenvalue weighted by atomic mass is 10.1. The van der Waals surface area contributed by atoms with Gasteiger partial charge in [0.1, 0.15) is 24.6 Å². The van der Waals surface area contributed by atoms with E-state index >= 15 is 0 Å². The number of carboxylic acid groups (broad SMARTS) is 1. The predicted octanol–water partition coefficient (Wildman–Crippen LogP) is 2.03. The number of nitrogens with zero attached hydrogens (tertiary/aromatic N) is 1. The Balaban J connectivity index is 1.75. The monoisotopic (exact) mass is 410 g/mol. The van der Waals surface area contributed by atoms with Crippen molar-refractivity contribution in [2.75, 3.05) is 13.7 Å². The summed E-state index contributed by atoms with van der Waals surface area (Å²) in [6.07, 6.45) is 1.46.